The average Bonchev–Trinajstić information content (AvgIpc) is 3.16. The molecular weight excluding hydrogens is 310 g/mol. The van der Waals surface area contributed by atoms with Crippen molar-refractivity contribution in [3.63, 3.8) is 0 Å². The number of nitrogens with one attached hydrogen (secondary N) is 1. The molecule has 0 aliphatic carbocycles. The van der Waals surface area contributed by atoms with Gasteiger partial charge in [0.25, 0.3) is 5.91 Å². The molecule has 0 radical (unpaired) electrons. The molecule has 3 rings (SSSR count). The molecule has 122 valence electrons. The minimum Gasteiger partial charge on any atom is -0.493 e. The van der Waals surface area contributed by atoms with Gasteiger partial charge in [0.1, 0.15) is 12.7 Å². The Labute approximate surface area is 138 Å². The molecule has 0 aliphatic rings. The zero-order valence-corrected chi connectivity index (χ0v) is 13.1. The molecule has 0 bridgehead atoms. The zero-order chi connectivity index (χ0) is 16.9. The molecule has 1 aromatic carbocycles. The van der Waals surface area contributed by atoms with Crippen LogP contribution < -0.4 is 14.8 Å². The molecule has 0 saturated heterocycles. The summed E-state index contributed by atoms with van der Waals surface area (Å²) >= 11 is 0. The highest BCUT2D eigenvalue weighted by atomic mass is 16.5. The van der Waals surface area contributed by atoms with Gasteiger partial charge < -0.3 is 14.8 Å². The van der Waals surface area contributed by atoms with E-state index in [0.717, 1.165) is 0 Å². The van der Waals surface area contributed by atoms with Crippen molar-refractivity contribution in [1.82, 2.24) is 19.7 Å². The number of nitrogens with zero attached hydrogens (tertiary/aromatic N) is 4. The lowest BCUT2D eigenvalue weighted by atomic mass is 10.2. The first-order valence-corrected chi connectivity index (χ1v) is 7.05. The fraction of sp³-hybridized carbons (Fsp3) is 0.125. The van der Waals surface area contributed by atoms with E-state index in [-0.39, 0.29) is 5.91 Å². The summed E-state index contributed by atoms with van der Waals surface area (Å²) in [5, 5.41) is 6.80. The average molecular weight is 325 g/mol. The van der Waals surface area contributed by atoms with E-state index < -0.39 is 0 Å². The van der Waals surface area contributed by atoms with Crippen molar-refractivity contribution in [2.75, 3.05) is 19.5 Å². The van der Waals surface area contributed by atoms with Crippen molar-refractivity contribution in [3.8, 4) is 17.3 Å². The first-order chi connectivity index (χ1) is 11.7. The number of hydrogen-bond acceptors (Lipinski definition) is 6. The topological polar surface area (TPSA) is 91.2 Å². The number of pyridine rings is 1. The van der Waals surface area contributed by atoms with E-state index >= 15 is 0 Å². The molecule has 1 N–H and O–H groups in total. The molecular formula is C16H15N5O3. The first-order valence-electron chi connectivity index (χ1n) is 7.05. The van der Waals surface area contributed by atoms with Crippen LogP contribution in [0.3, 0.4) is 0 Å². The van der Waals surface area contributed by atoms with Crippen molar-refractivity contribution in [2.45, 2.75) is 0 Å². The summed E-state index contributed by atoms with van der Waals surface area (Å²) in [4.78, 5) is 20.5. The maximum absolute atomic E-state index is 12.4. The predicted molar refractivity (Wildman–Crippen MR) is 86.7 cm³/mol. The number of rotatable bonds is 5. The lowest BCUT2D eigenvalue weighted by molar-refractivity contribution is 0.102. The van der Waals surface area contributed by atoms with E-state index in [2.05, 4.69) is 20.4 Å². The molecule has 0 aliphatic heterocycles. The third-order valence-corrected chi connectivity index (χ3v) is 3.30. The van der Waals surface area contributed by atoms with E-state index in [4.69, 9.17) is 9.47 Å². The van der Waals surface area contributed by atoms with E-state index in [1.165, 1.54) is 24.4 Å². The van der Waals surface area contributed by atoms with Crippen molar-refractivity contribution in [2.24, 2.45) is 0 Å². The second-order valence-corrected chi connectivity index (χ2v) is 4.77. The number of methoxy groups -OCH3 is 2. The SMILES string of the molecule is COc1ccc(NC(=O)c2ccnc(-n3cncn3)c2)cc1OC. The smallest absolute Gasteiger partial charge is 0.255 e. The normalized spacial score (nSPS) is 10.2. The van der Waals surface area contributed by atoms with E-state index in [1.54, 1.807) is 43.6 Å². The van der Waals surface area contributed by atoms with Crippen LogP contribution in [-0.4, -0.2) is 39.9 Å². The molecule has 8 heteroatoms. The largest absolute Gasteiger partial charge is 0.493 e. The minimum absolute atomic E-state index is 0.272. The number of hydrogen-bond donors (Lipinski definition) is 1. The molecule has 0 spiro atoms. The standard InChI is InChI=1S/C16H15N5O3/c1-23-13-4-3-12(8-14(13)24-2)20-16(22)11-5-6-18-15(7-11)21-10-17-9-19-21/h3-10H,1-2H3,(H,20,22). The second-order valence-electron chi connectivity index (χ2n) is 4.77. The maximum Gasteiger partial charge on any atom is 0.255 e. The van der Waals surface area contributed by atoms with Crippen molar-refractivity contribution >= 4 is 11.6 Å². The number of carbonyl (C=O) groups is 1. The third-order valence-electron chi connectivity index (χ3n) is 3.30. The van der Waals surface area contributed by atoms with Gasteiger partial charge in [-0.2, -0.15) is 5.10 Å². The van der Waals surface area contributed by atoms with Crippen LogP contribution in [0.15, 0.2) is 49.2 Å². The van der Waals surface area contributed by atoms with Gasteiger partial charge in [-0.15, -0.1) is 0 Å². The number of ether oxygens (including phenoxy) is 2. The summed E-state index contributed by atoms with van der Waals surface area (Å²) in [5.74, 6) is 1.36. The molecule has 0 fully saturated rings. The van der Waals surface area contributed by atoms with Crippen LogP contribution >= 0.6 is 0 Å². The lowest BCUT2D eigenvalue weighted by Crippen LogP contribution is -2.13. The van der Waals surface area contributed by atoms with Crippen LogP contribution in [0.5, 0.6) is 11.5 Å². The van der Waals surface area contributed by atoms with E-state index in [9.17, 15) is 4.79 Å². The monoisotopic (exact) mass is 325 g/mol. The number of carbonyl (C=O) groups excluding carboxylic acids is 1. The van der Waals surface area contributed by atoms with Gasteiger partial charge in [0, 0.05) is 23.5 Å². The Morgan fingerprint density at radius 1 is 1.12 bits per heavy atom. The van der Waals surface area contributed by atoms with Gasteiger partial charge in [0.05, 0.1) is 14.2 Å². The number of anilines is 1. The first kappa shape index (κ1) is 15.5. The van der Waals surface area contributed by atoms with Crippen molar-refractivity contribution in [3.05, 3.63) is 54.7 Å². The van der Waals surface area contributed by atoms with Crippen LogP contribution in [0.1, 0.15) is 10.4 Å². The Bertz CT molecular complexity index is 849. The predicted octanol–water partition coefficient (Wildman–Crippen LogP) is 1.93. The number of amides is 1. The molecule has 3 aromatic rings. The Balaban J connectivity index is 1.81. The van der Waals surface area contributed by atoms with Crippen molar-refractivity contribution in [1.29, 1.82) is 0 Å². The van der Waals surface area contributed by atoms with Gasteiger partial charge in [-0.3, -0.25) is 4.79 Å². The summed E-state index contributed by atoms with van der Waals surface area (Å²) in [6.45, 7) is 0. The summed E-state index contributed by atoms with van der Waals surface area (Å²) in [6, 6.07) is 8.40. The molecule has 24 heavy (non-hydrogen) atoms. The maximum atomic E-state index is 12.4. The number of aromatic nitrogens is 4. The highest BCUT2D eigenvalue weighted by Crippen LogP contribution is 2.29. The molecule has 0 saturated carbocycles. The fourth-order valence-electron chi connectivity index (χ4n) is 2.13. The lowest BCUT2D eigenvalue weighted by Gasteiger charge is -2.11. The number of benzene rings is 1. The molecule has 0 unspecified atom stereocenters. The molecule has 2 aromatic heterocycles. The fourth-order valence-corrected chi connectivity index (χ4v) is 2.13. The van der Waals surface area contributed by atoms with Crippen LogP contribution in [-0.2, 0) is 0 Å². The van der Waals surface area contributed by atoms with Gasteiger partial charge in [-0.1, -0.05) is 0 Å². The molecule has 2 heterocycles. The van der Waals surface area contributed by atoms with Gasteiger partial charge in [0.15, 0.2) is 17.3 Å². The highest BCUT2D eigenvalue weighted by Gasteiger charge is 2.11. The Morgan fingerprint density at radius 2 is 1.96 bits per heavy atom. The Kier molecular flexibility index (Phi) is 4.37. The summed E-state index contributed by atoms with van der Waals surface area (Å²) in [6.07, 6.45) is 4.46. The summed E-state index contributed by atoms with van der Waals surface area (Å²) < 4.78 is 11.9. The Morgan fingerprint density at radius 3 is 2.67 bits per heavy atom. The second kappa shape index (κ2) is 6.78. The van der Waals surface area contributed by atoms with Gasteiger partial charge in [-0.05, 0) is 24.3 Å². The molecule has 8 nitrogen and oxygen atoms in total. The van der Waals surface area contributed by atoms with E-state index in [1.807, 2.05) is 0 Å². The third kappa shape index (κ3) is 3.17. The van der Waals surface area contributed by atoms with Gasteiger partial charge in [-0.25, -0.2) is 14.6 Å². The van der Waals surface area contributed by atoms with Crippen LogP contribution in [0, 0.1) is 0 Å². The van der Waals surface area contributed by atoms with Gasteiger partial charge >= 0.3 is 0 Å². The van der Waals surface area contributed by atoms with Crippen molar-refractivity contribution < 1.29 is 14.3 Å². The van der Waals surface area contributed by atoms with Crippen LogP contribution in [0.4, 0.5) is 5.69 Å². The van der Waals surface area contributed by atoms with Crippen LogP contribution in [0.2, 0.25) is 0 Å². The summed E-state index contributed by atoms with van der Waals surface area (Å²) in [7, 11) is 3.09. The minimum atomic E-state index is -0.272. The van der Waals surface area contributed by atoms with Crippen LogP contribution in [0.25, 0.3) is 5.82 Å². The summed E-state index contributed by atoms with van der Waals surface area (Å²) in [5.41, 5.74) is 1.04. The quantitative estimate of drug-likeness (QED) is 0.771. The molecule has 0 atom stereocenters. The van der Waals surface area contributed by atoms with Gasteiger partial charge in [0.2, 0.25) is 0 Å². The Hall–Kier alpha value is -3.42. The highest BCUT2D eigenvalue weighted by molar-refractivity contribution is 6.04. The zero-order valence-electron chi connectivity index (χ0n) is 13.1. The molecule has 1 amide bonds. The van der Waals surface area contributed by atoms with E-state index in [0.29, 0.717) is 28.6 Å².